The van der Waals surface area contributed by atoms with E-state index >= 15 is 0 Å². The molecule has 6 heteroatoms. The van der Waals surface area contributed by atoms with Crippen molar-refractivity contribution in [2.75, 3.05) is 12.3 Å². The summed E-state index contributed by atoms with van der Waals surface area (Å²) in [5.41, 5.74) is 5.14. The predicted octanol–water partition coefficient (Wildman–Crippen LogP) is 0.852. The van der Waals surface area contributed by atoms with Gasteiger partial charge in [-0.2, -0.15) is 0 Å². The van der Waals surface area contributed by atoms with Crippen LogP contribution in [0.1, 0.15) is 25.7 Å². The molecule has 1 fully saturated rings. The summed E-state index contributed by atoms with van der Waals surface area (Å²) in [7, 11) is -3.57. The van der Waals surface area contributed by atoms with Crippen molar-refractivity contribution in [3.63, 3.8) is 0 Å². The van der Waals surface area contributed by atoms with Crippen LogP contribution >= 0.6 is 0 Å². The van der Waals surface area contributed by atoms with E-state index < -0.39 is 15.6 Å². The Bertz CT molecular complexity index is 505. The molecule has 1 aliphatic rings. The molecule has 5 nitrogen and oxygen atoms in total. The molecule has 2 rings (SSSR count). The van der Waals surface area contributed by atoms with Crippen LogP contribution in [0.2, 0.25) is 0 Å². The molecule has 0 radical (unpaired) electrons. The van der Waals surface area contributed by atoms with Crippen molar-refractivity contribution in [2.24, 2.45) is 0 Å². The summed E-state index contributed by atoms with van der Waals surface area (Å²) < 4.78 is 26.4. The fourth-order valence-corrected chi connectivity index (χ4v) is 3.29. The normalized spacial score (nSPS) is 18.9. The lowest BCUT2D eigenvalue weighted by molar-refractivity contribution is 0.0532. The zero-order chi connectivity index (χ0) is 13.2. The molecular formula is C12H18N2O3S. The van der Waals surface area contributed by atoms with Gasteiger partial charge in [0.2, 0.25) is 10.0 Å². The van der Waals surface area contributed by atoms with Gasteiger partial charge in [-0.25, -0.2) is 13.1 Å². The molecule has 18 heavy (non-hydrogen) atoms. The molecule has 0 amide bonds. The first-order valence-electron chi connectivity index (χ1n) is 5.99. The van der Waals surface area contributed by atoms with Crippen LogP contribution < -0.4 is 10.5 Å². The number of aliphatic hydroxyl groups is 1. The SMILES string of the molecule is Nc1ccc(S(=O)(=O)NCC2(O)CCCC2)cc1. The highest BCUT2D eigenvalue weighted by Crippen LogP contribution is 2.29. The minimum Gasteiger partial charge on any atom is -0.399 e. The average molecular weight is 270 g/mol. The first kappa shape index (κ1) is 13.3. The summed E-state index contributed by atoms with van der Waals surface area (Å²) in [5.74, 6) is 0. The second-order valence-corrected chi connectivity index (χ2v) is 6.59. The molecule has 100 valence electrons. The predicted molar refractivity (Wildman–Crippen MR) is 69.5 cm³/mol. The Kier molecular flexibility index (Phi) is 3.61. The number of nitrogens with one attached hydrogen (secondary N) is 1. The van der Waals surface area contributed by atoms with Crippen LogP contribution in [0.4, 0.5) is 5.69 Å². The van der Waals surface area contributed by atoms with E-state index in [1.54, 1.807) is 12.1 Å². The molecule has 0 bridgehead atoms. The van der Waals surface area contributed by atoms with Crippen molar-refractivity contribution in [3.8, 4) is 0 Å². The maximum Gasteiger partial charge on any atom is 0.240 e. The van der Waals surface area contributed by atoms with Gasteiger partial charge in [0.1, 0.15) is 0 Å². The molecule has 0 aromatic heterocycles. The van der Waals surface area contributed by atoms with Crippen LogP contribution in [0, 0.1) is 0 Å². The second-order valence-electron chi connectivity index (χ2n) is 4.83. The Balaban J connectivity index is 2.05. The van der Waals surface area contributed by atoms with E-state index in [0.717, 1.165) is 12.8 Å². The molecule has 0 saturated heterocycles. The number of sulfonamides is 1. The third-order valence-corrected chi connectivity index (χ3v) is 4.73. The van der Waals surface area contributed by atoms with Gasteiger partial charge in [0.25, 0.3) is 0 Å². The molecule has 1 aromatic rings. The lowest BCUT2D eigenvalue weighted by Crippen LogP contribution is -2.40. The molecule has 0 atom stereocenters. The summed E-state index contributed by atoms with van der Waals surface area (Å²) in [6, 6.07) is 5.99. The van der Waals surface area contributed by atoms with Gasteiger partial charge in [-0.3, -0.25) is 0 Å². The third-order valence-electron chi connectivity index (χ3n) is 3.32. The van der Waals surface area contributed by atoms with Gasteiger partial charge >= 0.3 is 0 Å². The maximum absolute atomic E-state index is 12.0. The van der Waals surface area contributed by atoms with E-state index in [-0.39, 0.29) is 11.4 Å². The van der Waals surface area contributed by atoms with Crippen LogP contribution in [0.5, 0.6) is 0 Å². The van der Waals surface area contributed by atoms with E-state index in [4.69, 9.17) is 5.73 Å². The molecule has 4 N–H and O–H groups in total. The third kappa shape index (κ3) is 3.01. The van der Waals surface area contributed by atoms with Crippen molar-refractivity contribution in [2.45, 2.75) is 36.2 Å². The highest BCUT2D eigenvalue weighted by atomic mass is 32.2. The van der Waals surface area contributed by atoms with Crippen molar-refractivity contribution in [1.82, 2.24) is 4.72 Å². The van der Waals surface area contributed by atoms with E-state index in [9.17, 15) is 13.5 Å². The minimum absolute atomic E-state index is 0.0692. The summed E-state index contributed by atoms with van der Waals surface area (Å²) in [6.07, 6.45) is 3.19. The molecule has 1 saturated carbocycles. The summed E-state index contributed by atoms with van der Waals surface area (Å²) in [6.45, 7) is 0.0692. The monoisotopic (exact) mass is 270 g/mol. The van der Waals surface area contributed by atoms with Crippen LogP contribution in [-0.4, -0.2) is 25.7 Å². The van der Waals surface area contributed by atoms with Gasteiger partial charge in [0, 0.05) is 12.2 Å². The minimum atomic E-state index is -3.57. The summed E-state index contributed by atoms with van der Waals surface area (Å²) in [5, 5.41) is 10.1. The van der Waals surface area contributed by atoms with Gasteiger partial charge in [0.05, 0.1) is 10.5 Å². The number of anilines is 1. The Morgan fingerprint density at radius 2 is 1.78 bits per heavy atom. The molecule has 0 aliphatic heterocycles. The summed E-state index contributed by atoms with van der Waals surface area (Å²) >= 11 is 0. The smallest absolute Gasteiger partial charge is 0.240 e. The fourth-order valence-electron chi connectivity index (χ4n) is 2.17. The Labute approximate surface area is 107 Å². The highest BCUT2D eigenvalue weighted by molar-refractivity contribution is 7.89. The molecule has 0 unspecified atom stereocenters. The van der Waals surface area contributed by atoms with Crippen molar-refractivity contribution in [3.05, 3.63) is 24.3 Å². The first-order valence-corrected chi connectivity index (χ1v) is 7.47. The second kappa shape index (κ2) is 4.87. The van der Waals surface area contributed by atoms with Gasteiger partial charge in [0.15, 0.2) is 0 Å². The number of nitrogens with two attached hydrogens (primary N) is 1. The maximum atomic E-state index is 12.0. The quantitative estimate of drug-likeness (QED) is 0.707. The van der Waals surface area contributed by atoms with Crippen LogP contribution in [0.25, 0.3) is 0 Å². The number of rotatable bonds is 4. The number of hydrogen-bond donors (Lipinski definition) is 3. The zero-order valence-electron chi connectivity index (χ0n) is 10.1. The lowest BCUT2D eigenvalue weighted by Gasteiger charge is -2.22. The van der Waals surface area contributed by atoms with Crippen LogP contribution in [-0.2, 0) is 10.0 Å². The standard InChI is InChI=1S/C12H18N2O3S/c13-10-3-5-11(6-4-10)18(16,17)14-9-12(15)7-1-2-8-12/h3-6,14-15H,1-2,7-9,13H2. The molecule has 0 spiro atoms. The summed E-state index contributed by atoms with van der Waals surface area (Å²) in [4.78, 5) is 0.165. The van der Waals surface area contributed by atoms with E-state index in [1.807, 2.05) is 0 Å². The largest absolute Gasteiger partial charge is 0.399 e. The van der Waals surface area contributed by atoms with Gasteiger partial charge in [-0.15, -0.1) is 0 Å². The number of hydrogen-bond acceptors (Lipinski definition) is 4. The molecule has 1 aliphatic carbocycles. The van der Waals surface area contributed by atoms with Crippen molar-refractivity contribution < 1.29 is 13.5 Å². The Hall–Kier alpha value is -1.11. The zero-order valence-corrected chi connectivity index (χ0v) is 10.9. The highest BCUT2D eigenvalue weighted by Gasteiger charge is 2.32. The van der Waals surface area contributed by atoms with Gasteiger partial charge in [-0.1, -0.05) is 12.8 Å². The van der Waals surface area contributed by atoms with Crippen molar-refractivity contribution in [1.29, 1.82) is 0 Å². The van der Waals surface area contributed by atoms with E-state index in [2.05, 4.69) is 4.72 Å². The Morgan fingerprint density at radius 3 is 2.33 bits per heavy atom. The van der Waals surface area contributed by atoms with Gasteiger partial charge < -0.3 is 10.8 Å². The van der Waals surface area contributed by atoms with Crippen LogP contribution in [0.3, 0.4) is 0 Å². The fraction of sp³-hybridized carbons (Fsp3) is 0.500. The molecule has 1 aromatic carbocycles. The van der Waals surface area contributed by atoms with Crippen molar-refractivity contribution >= 4 is 15.7 Å². The van der Waals surface area contributed by atoms with E-state index in [0.29, 0.717) is 18.5 Å². The van der Waals surface area contributed by atoms with Gasteiger partial charge in [-0.05, 0) is 37.1 Å². The molecular weight excluding hydrogens is 252 g/mol. The van der Waals surface area contributed by atoms with E-state index in [1.165, 1.54) is 12.1 Å². The topological polar surface area (TPSA) is 92.4 Å². The average Bonchev–Trinajstić information content (AvgIpc) is 2.75. The lowest BCUT2D eigenvalue weighted by atomic mass is 10.0. The first-order chi connectivity index (χ1) is 8.41. The number of nitrogen functional groups attached to an aromatic ring is 1. The van der Waals surface area contributed by atoms with Crippen LogP contribution in [0.15, 0.2) is 29.2 Å². The molecule has 0 heterocycles. The number of benzene rings is 1. The Morgan fingerprint density at radius 1 is 1.22 bits per heavy atom.